The van der Waals surface area contributed by atoms with Crippen LogP contribution in [-0.4, -0.2) is 25.1 Å². The molecule has 0 radical (unpaired) electrons. The largest absolute Gasteiger partial charge is 0.481 e. The number of carbonyl (C=O) groups is 1. The van der Waals surface area contributed by atoms with Gasteiger partial charge in [-0.1, -0.05) is 64.7 Å². The van der Waals surface area contributed by atoms with Gasteiger partial charge in [0.2, 0.25) is 0 Å². The van der Waals surface area contributed by atoms with E-state index in [1.165, 1.54) is 51.4 Å². The first kappa shape index (κ1) is 19.9. The molecule has 0 atom stereocenters. The Labute approximate surface area is 130 Å². The highest BCUT2D eigenvalue weighted by Gasteiger charge is 2.07. The van der Waals surface area contributed by atoms with Crippen molar-refractivity contribution in [3.05, 3.63) is 0 Å². The quantitative estimate of drug-likeness (QED) is 0.216. The number of esters is 1. The number of ether oxygens (including phenoxy) is 2. The molecule has 0 amide bonds. The fourth-order valence-electron chi connectivity index (χ4n) is 2.18. The number of unbranched alkanes of at least 4 members (excludes halogenated alkanes) is 9. The van der Waals surface area contributed by atoms with E-state index in [4.69, 9.17) is 14.9 Å². The van der Waals surface area contributed by atoms with Crippen LogP contribution in [0.4, 0.5) is 0 Å². The van der Waals surface area contributed by atoms with E-state index in [2.05, 4.69) is 6.92 Å². The molecule has 0 aromatic rings. The van der Waals surface area contributed by atoms with Gasteiger partial charge in [0.05, 0.1) is 13.2 Å². The first-order valence-corrected chi connectivity index (χ1v) is 8.56. The van der Waals surface area contributed by atoms with Crippen LogP contribution in [0.1, 0.15) is 84.5 Å². The molecule has 0 saturated heterocycles. The second-order valence-corrected chi connectivity index (χ2v) is 5.44. The van der Waals surface area contributed by atoms with Gasteiger partial charge >= 0.3 is 5.97 Å². The van der Waals surface area contributed by atoms with E-state index >= 15 is 0 Å². The van der Waals surface area contributed by atoms with Crippen LogP contribution >= 0.6 is 0 Å². The zero-order valence-corrected chi connectivity index (χ0v) is 13.9. The van der Waals surface area contributed by atoms with Crippen molar-refractivity contribution in [2.24, 2.45) is 0 Å². The first-order chi connectivity index (χ1) is 10.2. The van der Waals surface area contributed by atoms with Crippen molar-refractivity contribution in [2.75, 3.05) is 13.2 Å². The highest BCUT2D eigenvalue weighted by molar-refractivity contribution is 5.92. The number of hydrogen-bond donors (Lipinski definition) is 1. The molecule has 0 rings (SSSR count). The standard InChI is InChI=1S/C17H33NO3/c1-3-5-6-7-8-9-10-11-12-13-14-21-17(19)15-16(18)20-4-2/h18H,3-15H2,1-2H3. The zero-order chi connectivity index (χ0) is 15.8. The van der Waals surface area contributed by atoms with Gasteiger partial charge in [-0.2, -0.15) is 0 Å². The summed E-state index contributed by atoms with van der Waals surface area (Å²) < 4.78 is 9.97. The third-order valence-electron chi connectivity index (χ3n) is 3.38. The molecule has 0 aromatic carbocycles. The monoisotopic (exact) mass is 299 g/mol. The molecule has 21 heavy (non-hydrogen) atoms. The summed E-state index contributed by atoms with van der Waals surface area (Å²) in [5.41, 5.74) is 0. The van der Waals surface area contributed by atoms with Crippen LogP contribution in [-0.2, 0) is 14.3 Å². The van der Waals surface area contributed by atoms with Gasteiger partial charge in [0.1, 0.15) is 6.42 Å². The molecule has 0 unspecified atom stereocenters. The summed E-state index contributed by atoms with van der Waals surface area (Å²) in [4.78, 5) is 11.3. The molecule has 0 spiro atoms. The van der Waals surface area contributed by atoms with Gasteiger partial charge in [0.15, 0.2) is 5.90 Å². The Balaban J connectivity index is 3.21. The Hall–Kier alpha value is -1.06. The van der Waals surface area contributed by atoms with Gasteiger partial charge in [-0.25, -0.2) is 0 Å². The fraction of sp³-hybridized carbons (Fsp3) is 0.882. The highest BCUT2D eigenvalue weighted by atomic mass is 16.5. The highest BCUT2D eigenvalue weighted by Crippen LogP contribution is 2.10. The van der Waals surface area contributed by atoms with E-state index in [1.807, 2.05) is 0 Å². The summed E-state index contributed by atoms with van der Waals surface area (Å²) >= 11 is 0. The normalized spacial score (nSPS) is 10.4. The van der Waals surface area contributed by atoms with Crippen molar-refractivity contribution in [1.29, 1.82) is 5.41 Å². The molecule has 4 heteroatoms. The molecule has 0 fully saturated rings. The van der Waals surface area contributed by atoms with Gasteiger partial charge in [-0.05, 0) is 13.3 Å². The molecule has 0 heterocycles. The minimum Gasteiger partial charge on any atom is -0.481 e. The molecule has 0 bridgehead atoms. The lowest BCUT2D eigenvalue weighted by molar-refractivity contribution is -0.142. The molecule has 124 valence electrons. The number of hydrogen-bond acceptors (Lipinski definition) is 4. The Bertz CT molecular complexity index is 267. The Morgan fingerprint density at radius 1 is 0.810 bits per heavy atom. The maximum atomic E-state index is 11.3. The molecular formula is C17H33NO3. The second kappa shape index (κ2) is 15.3. The average molecular weight is 299 g/mol. The van der Waals surface area contributed by atoms with E-state index < -0.39 is 0 Å². The van der Waals surface area contributed by atoms with Crippen LogP contribution in [0.25, 0.3) is 0 Å². The molecule has 0 aliphatic rings. The van der Waals surface area contributed by atoms with Gasteiger partial charge < -0.3 is 9.47 Å². The summed E-state index contributed by atoms with van der Waals surface area (Å²) in [5, 5.41) is 7.35. The van der Waals surface area contributed by atoms with E-state index in [1.54, 1.807) is 6.92 Å². The minimum atomic E-state index is -0.357. The van der Waals surface area contributed by atoms with E-state index in [-0.39, 0.29) is 18.3 Å². The van der Waals surface area contributed by atoms with Crippen LogP contribution in [0.15, 0.2) is 0 Å². The molecule has 4 nitrogen and oxygen atoms in total. The van der Waals surface area contributed by atoms with E-state index in [0.717, 1.165) is 12.8 Å². The van der Waals surface area contributed by atoms with Crippen LogP contribution in [0.3, 0.4) is 0 Å². The van der Waals surface area contributed by atoms with Gasteiger partial charge in [0.25, 0.3) is 0 Å². The molecule has 1 N–H and O–H groups in total. The lowest BCUT2D eigenvalue weighted by atomic mass is 10.1. The summed E-state index contributed by atoms with van der Waals surface area (Å²) in [7, 11) is 0. The lowest BCUT2D eigenvalue weighted by Gasteiger charge is -2.06. The number of nitrogens with one attached hydrogen (secondary N) is 1. The van der Waals surface area contributed by atoms with Crippen molar-refractivity contribution < 1.29 is 14.3 Å². The zero-order valence-electron chi connectivity index (χ0n) is 13.9. The predicted molar refractivity (Wildman–Crippen MR) is 86.8 cm³/mol. The fourth-order valence-corrected chi connectivity index (χ4v) is 2.18. The van der Waals surface area contributed by atoms with E-state index in [9.17, 15) is 4.79 Å². The van der Waals surface area contributed by atoms with Crippen molar-refractivity contribution in [2.45, 2.75) is 84.5 Å². The Morgan fingerprint density at radius 2 is 1.33 bits per heavy atom. The minimum absolute atomic E-state index is 0.00873. The van der Waals surface area contributed by atoms with Gasteiger partial charge in [0, 0.05) is 0 Å². The topological polar surface area (TPSA) is 59.4 Å². The first-order valence-electron chi connectivity index (χ1n) is 8.56. The molecule has 0 saturated carbocycles. The van der Waals surface area contributed by atoms with Crippen molar-refractivity contribution >= 4 is 11.9 Å². The molecule has 0 aliphatic heterocycles. The third-order valence-corrected chi connectivity index (χ3v) is 3.38. The van der Waals surface area contributed by atoms with Crippen LogP contribution in [0, 0.1) is 5.41 Å². The maximum absolute atomic E-state index is 11.3. The lowest BCUT2D eigenvalue weighted by Crippen LogP contribution is -2.13. The van der Waals surface area contributed by atoms with E-state index in [0.29, 0.717) is 13.2 Å². The van der Waals surface area contributed by atoms with Gasteiger partial charge in [-0.3, -0.25) is 10.2 Å². The molecular weight excluding hydrogens is 266 g/mol. The van der Waals surface area contributed by atoms with Crippen LogP contribution < -0.4 is 0 Å². The molecule has 0 aliphatic carbocycles. The van der Waals surface area contributed by atoms with Crippen molar-refractivity contribution in [1.82, 2.24) is 0 Å². The van der Waals surface area contributed by atoms with Crippen LogP contribution in [0.2, 0.25) is 0 Å². The van der Waals surface area contributed by atoms with Crippen LogP contribution in [0.5, 0.6) is 0 Å². The predicted octanol–water partition coefficient (Wildman–Crippen LogP) is 4.85. The smallest absolute Gasteiger partial charge is 0.315 e. The van der Waals surface area contributed by atoms with Gasteiger partial charge in [-0.15, -0.1) is 0 Å². The third kappa shape index (κ3) is 15.2. The summed E-state index contributed by atoms with van der Waals surface area (Å²) in [6, 6.07) is 0. The second-order valence-electron chi connectivity index (χ2n) is 5.44. The van der Waals surface area contributed by atoms with Crippen molar-refractivity contribution in [3.8, 4) is 0 Å². The number of carbonyl (C=O) groups excluding carboxylic acids is 1. The summed E-state index contributed by atoms with van der Waals surface area (Å²) in [6.07, 6.45) is 12.6. The van der Waals surface area contributed by atoms with Crippen molar-refractivity contribution in [3.63, 3.8) is 0 Å². The molecule has 0 aromatic heterocycles. The maximum Gasteiger partial charge on any atom is 0.315 e. The summed E-state index contributed by atoms with van der Waals surface area (Å²) in [5.74, 6) is -0.366. The number of rotatable bonds is 14. The Morgan fingerprint density at radius 3 is 1.86 bits per heavy atom. The SMILES string of the molecule is CCCCCCCCCCCCOC(=O)CC(=N)OCC. The summed E-state index contributed by atoms with van der Waals surface area (Å²) in [6.45, 7) is 4.93. The Kier molecular flexibility index (Phi) is 14.6. The average Bonchev–Trinajstić information content (AvgIpc) is 2.45.